The minimum Gasteiger partial charge on any atom is -0.469 e. The number of hydrogen-bond donors (Lipinski definition) is 1. The summed E-state index contributed by atoms with van der Waals surface area (Å²) < 4.78 is 18.0. The Morgan fingerprint density at radius 1 is 1.65 bits per heavy atom. The quantitative estimate of drug-likeness (QED) is 0.777. The summed E-state index contributed by atoms with van der Waals surface area (Å²) in [5.41, 5.74) is 0.250. The number of carbonyl (C=O) groups is 1. The summed E-state index contributed by atoms with van der Waals surface area (Å²) in [5.74, 6) is -0.975. The highest BCUT2D eigenvalue weighted by Crippen LogP contribution is 2.35. The Morgan fingerprint density at radius 3 is 3.06 bits per heavy atom. The van der Waals surface area contributed by atoms with E-state index < -0.39 is 5.41 Å². The highest BCUT2D eigenvalue weighted by molar-refractivity contribution is 5.75. The zero-order valence-electron chi connectivity index (χ0n) is 9.87. The number of aromatic nitrogens is 1. The van der Waals surface area contributed by atoms with Crippen LogP contribution >= 0.6 is 0 Å². The molecule has 0 radical (unpaired) electrons. The number of nitrogens with zero attached hydrogens (tertiary/aromatic N) is 1. The molecule has 1 fully saturated rings. The molecule has 2 atom stereocenters. The van der Waals surface area contributed by atoms with E-state index in [0.717, 1.165) is 11.8 Å². The number of pyridine rings is 1. The maximum atomic E-state index is 13.2. The molecule has 0 bridgehead atoms. The Morgan fingerprint density at radius 2 is 2.41 bits per heavy atom. The highest BCUT2D eigenvalue weighted by Gasteiger charge is 2.45. The predicted molar refractivity (Wildman–Crippen MR) is 59.9 cm³/mol. The smallest absolute Gasteiger partial charge is 0.310 e. The first kappa shape index (κ1) is 12.0. The number of ether oxygens (including phenoxy) is 1. The number of carbonyl (C=O) groups excluding carboxylic acids is 1. The van der Waals surface area contributed by atoms with Crippen LogP contribution < -0.4 is 5.32 Å². The SMILES string of the molecule is COC(=O)C1CNCC1(C)c1cncc(F)c1. The Balaban J connectivity index is 2.37. The number of rotatable bonds is 2. The Hall–Kier alpha value is -1.49. The van der Waals surface area contributed by atoms with Crippen molar-refractivity contribution in [3.63, 3.8) is 0 Å². The lowest BCUT2D eigenvalue weighted by Gasteiger charge is -2.28. The lowest BCUT2D eigenvalue weighted by molar-refractivity contribution is -0.146. The van der Waals surface area contributed by atoms with Crippen molar-refractivity contribution in [3.05, 3.63) is 29.8 Å². The fraction of sp³-hybridized carbons (Fsp3) is 0.500. The highest BCUT2D eigenvalue weighted by atomic mass is 19.1. The van der Waals surface area contributed by atoms with E-state index >= 15 is 0 Å². The zero-order valence-corrected chi connectivity index (χ0v) is 9.87. The molecule has 1 N–H and O–H groups in total. The monoisotopic (exact) mass is 238 g/mol. The Kier molecular flexibility index (Phi) is 3.11. The standard InChI is InChI=1S/C12H15FN2O2/c1-12(8-3-9(13)5-14-4-8)7-15-6-10(12)11(16)17-2/h3-5,10,15H,6-7H2,1-2H3. The molecule has 2 unspecified atom stereocenters. The van der Waals surface area contributed by atoms with Gasteiger partial charge in [-0.15, -0.1) is 0 Å². The lowest BCUT2D eigenvalue weighted by Crippen LogP contribution is -2.37. The van der Waals surface area contributed by atoms with Crippen LogP contribution in [0.1, 0.15) is 12.5 Å². The number of esters is 1. The molecule has 0 aromatic carbocycles. The fourth-order valence-electron chi connectivity index (χ4n) is 2.34. The fourth-order valence-corrected chi connectivity index (χ4v) is 2.34. The summed E-state index contributed by atoms with van der Waals surface area (Å²) in [5, 5.41) is 3.15. The van der Waals surface area contributed by atoms with Gasteiger partial charge in [0.15, 0.2) is 0 Å². The van der Waals surface area contributed by atoms with Gasteiger partial charge in [0.25, 0.3) is 0 Å². The van der Waals surface area contributed by atoms with Crippen LogP contribution in [0, 0.1) is 11.7 Å². The van der Waals surface area contributed by atoms with Gasteiger partial charge in [0, 0.05) is 24.7 Å². The van der Waals surface area contributed by atoms with E-state index in [1.165, 1.54) is 13.2 Å². The van der Waals surface area contributed by atoms with Gasteiger partial charge in [-0.25, -0.2) is 4.39 Å². The Bertz CT molecular complexity index is 438. The zero-order chi connectivity index (χ0) is 12.5. The predicted octanol–water partition coefficient (Wildman–Crippen LogP) is 0.871. The average molecular weight is 238 g/mol. The van der Waals surface area contributed by atoms with Crippen molar-refractivity contribution in [2.24, 2.45) is 5.92 Å². The van der Waals surface area contributed by atoms with Crippen molar-refractivity contribution in [3.8, 4) is 0 Å². The van der Waals surface area contributed by atoms with Gasteiger partial charge in [-0.1, -0.05) is 6.92 Å². The van der Waals surface area contributed by atoms with Gasteiger partial charge in [-0.05, 0) is 11.6 Å². The normalized spacial score (nSPS) is 28.1. The molecule has 1 aliphatic rings. The topological polar surface area (TPSA) is 51.2 Å². The third kappa shape index (κ3) is 2.02. The van der Waals surface area contributed by atoms with Crippen LogP contribution in [0.25, 0.3) is 0 Å². The van der Waals surface area contributed by atoms with Crippen LogP contribution in [-0.2, 0) is 14.9 Å². The van der Waals surface area contributed by atoms with E-state index in [0.29, 0.717) is 13.1 Å². The summed E-state index contributed by atoms with van der Waals surface area (Å²) >= 11 is 0. The van der Waals surface area contributed by atoms with Crippen LogP contribution in [0.3, 0.4) is 0 Å². The number of nitrogens with one attached hydrogen (secondary N) is 1. The molecule has 2 rings (SSSR count). The number of methoxy groups -OCH3 is 1. The molecule has 0 aliphatic carbocycles. The van der Waals surface area contributed by atoms with Crippen LogP contribution in [0.2, 0.25) is 0 Å². The first-order valence-electron chi connectivity index (χ1n) is 5.47. The third-order valence-electron chi connectivity index (χ3n) is 3.46. The number of hydrogen-bond acceptors (Lipinski definition) is 4. The molecule has 1 saturated heterocycles. The van der Waals surface area contributed by atoms with Gasteiger partial charge in [-0.3, -0.25) is 9.78 Å². The van der Waals surface area contributed by atoms with E-state index in [1.54, 1.807) is 6.20 Å². The van der Waals surface area contributed by atoms with E-state index in [4.69, 9.17) is 4.74 Å². The first-order valence-corrected chi connectivity index (χ1v) is 5.47. The molecule has 1 aromatic heterocycles. The molecule has 4 nitrogen and oxygen atoms in total. The van der Waals surface area contributed by atoms with E-state index in [2.05, 4.69) is 10.3 Å². The van der Waals surface area contributed by atoms with Gasteiger partial charge in [-0.2, -0.15) is 0 Å². The molecule has 2 heterocycles. The lowest BCUT2D eigenvalue weighted by atomic mass is 9.75. The van der Waals surface area contributed by atoms with Crippen LogP contribution in [0.4, 0.5) is 4.39 Å². The first-order chi connectivity index (χ1) is 8.08. The summed E-state index contributed by atoms with van der Waals surface area (Å²) in [4.78, 5) is 15.6. The van der Waals surface area contributed by atoms with Crippen molar-refractivity contribution in [1.82, 2.24) is 10.3 Å². The molecule has 5 heteroatoms. The average Bonchev–Trinajstić information content (AvgIpc) is 2.72. The van der Waals surface area contributed by atoms with Gasteiger partial charge in [0.05, 0.1) is 19.2 Å². The summed E-state index contributed by atoms with van der Waals surface area (Å²) in [6.45, 7) is 3.07. The molecule has 17 heavy (non-hydrogen) atoms. The van der Waals surface area contributed by atoms with Gasteiger partial charge in [0.1, 0.15) is 5.82 Å². The van der Waals surface area contributed by atoms with Crippen molar-refractivity contribution >= 4 is 5.97 Å². The molecule has 92 valence electrons. The third-order valence-corrected chi connectivity index (χ3v) is 3.46. The van der Waals surface area contributed by atoms with Gasteiger partial charge < -0.3 is 10.1 Å². The van der Waals surface area contributed by atoms with Crippen molar-refractivity contribution < 1.29 is 13.9 Å². The minimum atomic E-state index is -0.470. The van der Waals surface area contributed by atoms with E-state index in [-0.39, 0.29) is 17.7 Å². The molecule has 1 aliphatic heterocycles. The van der Waals surface area contributed by atoms with Crippen molar-refractivity contribution in [1.29, 1.82) is 0 Å². The number of halogens is 1. The molecule has 0 amide bonds. The largest absolute Gasteiger partial charge is 0.469 e. The second kappa shape index (κ2) is 4.41. The molecule has 0 saturated carbocycles. The summed E-state index contributed by atoms with van der Waals surface area (Å²) in [6.07, 6.45) is 2.76. The second-order valence-corrected chi connectivity index (χ2v) is 4.52. The molecule has 0 spiro atoms. The maximum Gasteiger partial charge on any atom is 0.310 e. The second-order valence-electron chi connectivity index (χ2n) is 4.52. The molecular formula is C12H15FN2O2. The Labute approximate surface area is 99.2 Å². The van der Waals surface area contributed by atoms with E-state index in [9.17, 15) is 9.18 Å². The van der Waals surface area contributed by atoms with Gasteiger partial charge >= 0.3 is 5.97 Å². The molecule has 1 aromatic rings. The van der Waals surface area contributed by atoms with Crippen molar-refractivity contribution in [2.45, 2.75) is 12.3 Å². The summed E-state index contributed by atoms with van der Waals surface area (Å²) in [6, 6.07) is 1.43. The van der Waals surface area contributed by atoms with Gasteiger partial charge in [0.2, 0.25) is 0 Å². The molecular weight excluding hydrogens is 223 g/mol. The van der Waals surface area contributed by atoms with Crippen LogP contribution in [-0.4, -0.2) is 31.2 Å². The van der Waals surface area contributed by atoms with E-state index in [1.807, 2.05) is 6.92 Å². The minimum absolute atomic E-state index is 0.276. The van der Waals surface area contributed by atoms with Crippen LogP contribution in [0.5, 0.6) is 0 Å². The maximum absolute atomic E-state index is 13.2. The summed E-state index contributed by atoms with van der Waals surface area (Å²) in [7, 11) is 1.37. The van der Waals surface area contributed by atoms with Crippen molar-refractivity contribution in [2.75, 3.05) is 20.2 Å². The van der Waals surface area contributed by atoms with Crippen LogP contribution in [0.15, 0.2) is 18.5 Å².